The molecule has 0 aliphatic carbocycles. The SMILES string of the molecule is C[C@H](NC(=O)c1ccc(C(N)=O)cc1)c1cc2ccccc2o1. The zero-order valence-corrected chi connectivity index (χ0v) is 12.6. The number of carbonyl (C=O) groups is 2. The van der Waals surface area contributed by atoms with Crippen LogP contribution in [0.25, 0.3) is 11.0 Å². The number of hydrogen-bond donors (Lipinski definition) is 2. The maximum atomic E-state index is 12.3. The topological polar surface area (TPSA) is 85.3 Å². The monoisotopic (exact) mass is 308 g/mol. The van der Waals surface area contributed by atoms with Crippen LogP contribution in [-0.2, 0) is 0 Å². The van der Waals surface area contributed by atoms with Crippen LogP contribution in [0.2, 0.25) is 0 Å². The second-order valence-corrected chi connectivity index (χ2v) is 5.32. The van der Waals surface area contributed by atoms with Crippen molar-refractivity contribution in [1.82, 2.24) is 5.32 Å². The third-order valence-electron chi connectivity index (χ3n) is 3.65. The summed E-state index contributed by atoms with van der Waals surface area (Å²) >= 11 is 0. The number of carbonyl (C=O) groups excluding carboxylic acids is 2. The number of hydrogen-bond acceptors (Lipinski definition) is 3. The van der Waals surface area contributed by atoms with Gasteiger partial charge < -0.3 is 15.5 Å². The van der Waals surface area contributed by atoms with Crippen molar-refractivity contribution in [2.24, 2.45) is 5.73 Å². The first-order valence-corrected chi connectivity index (χ1v) is 7.24. The van der Waals surface area contributed by atoms with Gasteiger partial charge in [-0.2, -0.15) is 0 Å². The van der Waals surface area contributed by atoms with Gasteiger partial charge in [0.2, 0.25) is 5.91 Å². The standard InChI is InChI=1S/C18H16N2O3/c1-11(16-10-14-4-2-3-5-15(14)23-16)20-18(22)13-8-6-12(7-9-13)17(19)21/h2-11H,1H3,(H2,19,21)(H,20,22)/t11-/m0/s1. The molecule has 3 N–H and O–H groups in total. The Morgan fingerprint density at radius 2 is 1.70 bits per heavy atom. The van der Waals surface area contributed by atoms with Crippen molar-refractivity contribution in [3.8, 4) is 0 Å². The Balaban J connectivity index is 1.74. The minimum atomic E-state index is -0.521. The van der Waals surface area contributed by atoms with E-state index in [-0.39, 0.29) is 11.9 Å². The predicted octanol–water partition coefficient (Wildman–Crippen LogP) is 3.02. The molecule has 0 bridgehead atoms. The Morgan fingerprint density at radius 1 is 1.04 bits per heavy atom. The molecule has 1 heterocycles. The van der Waals surface area contributed by atoms with Gasteiger partial charge in [-0.25, -0.2) is 0 Å². The zero-order valence-electron chi connectivity index (χ0n) is 12.6. The van der Waals surface area contributed by atoms with Gasteiger partial charge in [0.1, 0.15) is 11.3 Å². The zero-order chi connectivity index (χ0) is 16.4. The maximum absolute atomic E-state index is 12.3. The van der Waals surface area contributed by atoms with Crippen molar-refractivity contribution in [2.45, 2.75) is 13.0 Å². The summed E-state index contributed by atoms with van der Waals surface area (Å²) in [5.74, 6) is -0.0742. The third kappa shape index (κ3) is 3.08. The highest BCUT2D eigenvalue weighted by Gasteiger charge is 2.15. The van der Waals surface area contributed by atoms with Crippen LogP contribution in [0.15, 0.2) is 59.0 Å². The van der Waals surface area contributed by atoms with E-state index in [0.29, 0.717) is 16.9 Å². The minimum absolute atomic E-state index is 0.242. The van der Waals surface area contributed by atoms with E-state index in [9.17, 15) is 9.59 Å². The summed E-state index contributed by atoms with van der Waals surface area (Å²) in [5.41, 5.74) is 6.79. The normalized spacial score (nSPS) is 12.0. The molecule has 3 rings (SSSR count). The fraction of sp³-hybridized carbons (Fsp3) is 0.111. The Hall–Kier alpha value is -3.08. The molecule has 0 aliphatic rings. The van der Waals surface area contributed by atoms with E-state index in [1.807, 2.05) is 37.3 Å². The molecule has 3 aromatic rings. The summed E-state index contributed by atoms with van der Waals surface area (Å²) < 4.78 is 5.74. The highest BCUT2D eigenvalue weighted by atomic mass is 16.3. The smallest absolute Gasteiger partial charge is 0.251 e. The molecular formula is C18H16N2O3. The Kier molecular flexibility index (Phi) is 3.85. The highest BCUT2D eigenvalue weighted by molar-refractivity contribution is 5.97. The molecule has 0 saturated heterocycles. The minimum Gasteiger partial charge on any atom is -0.459 e. The summed E-state index contributed by atoms with van der Waals surface area (Å²) in [7, 11) is 0. The summed E-state index contributed by atoms with van der Waals surface area (Å²) in [6.45, 7) is 1.85. The Labute approximate surface area is 133 Å². The quantitative estimate of drug-likeness (QED) is 0.777. The third-order valence-corrected chi connectivity index (χ3v) is 3.65. The first-order valence-electron chi connectivity index (χ1n) is 7.24. The lowest BCUT2D eigenvalue weighted by molar-refractivity contribution is 0.0933. The van der Waals surface area contributed by atoms with Gasteiger partial charge in [-0.15, -0.1) is 0 Å². The van der Waals surface area contributed by atoms with Crippen molar-refractivity contribution in [3.63, 3.8) is 0 Å². The maximum Gasteiger partial charge on any atom is 0.251 e. The molecule has 0 aliphatic heterocycles. The first kappa shape index (κ1) is 14.8. The first-order chi connectivity index (χ1) is 11.0. The van der Waals surface area contributed by atoms with Gasteiger partial charge in [-0.05, 0) is 43.3 Å². The molecular weight excluding hydrogens is 292 g/mol. The number of amides is 2. The lowest BCUT2D eigenvalue weighted by Gasteiger charge is -2.11. The van der Waals surface area contributed by atoms with Crippen molar-refractivity contribution in [3.05, 3.63) is 71.5 Å². The molecule has 0 spiro atoms. The van der Waals surface area contributed by atoms with Crippen LogP contribution < -0.4 is 11.1 Å². The summed E-state index contributed by atoms with van der Waals surface area (Å²) in [6.07, 6.45) is 0. The number of nitrogens with one attached hydrogen (secondary N) is 1. The van der Waals surface area contributed by atoms with Crippen LogP contribution in [0, 0.1) is 0 Å². The van der Waals surface area contributed by atoms with Crippen molar-refractivity contribution in [1.29, 1.82) is 0 Å². The van der Waals surface area contributed by atoms with Gasteiger partial charge in [0, 0.05) is 16.5 Å². The van der Waals surface area contributed by atoms with Crippen LogP contribution in [0.4, 0.5) is 0 Å². The molecule has 116 valence electrons. The molecule has 1 aromatic heterocycles. The molecule has 0 saturated carbocycles. The fourth-order valence-corrected chi connectivity index (χ4v) is 2.35. The van der Waals surface area contributed by atoms with Gasteiger partial charge in [-0.3, -0.25) is 9.59 Å². The van der Waals surface area contributed by atoms with Gasteiger partial charge in [0.05, 0.1) is 6.04 Å². The number of para-hydroxylation sites is 1. The van der Waals surface area contributed by atoms with E-state index >= 15 is 0 Å². The number of rotatable bonds is 4. The lowest BCUT2D eigenvalue weighted by Crippen LogP contribution is -2.26. The molecule has 0 fully saturated rings. The molecule has 5 heteroatoms. The molecule has 5 nitrogen and oxygen atoms in total. The van der Waals surface area contributed by atoms with Gasteiger partial charge in [0.15, 0.2) is 0 Å². The summed E-state index contributed by atoms with van der Waals surface area (Å²) in [5, 5.41) is 3.87. The number of primary amides is 1. The predicted molar refractivity (Wildman–Crippen MR) is 87.1 cm³/mol. The highest BCUT2D eigenvalue weighted by Crippen LogP contribution is 2.23. The second kappa shape index (κ2) is 5.96. The second-order valence-electron chi connectivity index (χ2n) is 5.32. The lowest BCUT2D eigenvalue weighted by atomic mass is 10.1. The summed E-state index contributed by atoms with van der Waals surface area (Å²) in [6, 6.07) is 15.5. The largest absolute Gasteiger partial charge is 0.459 e. The van der Waals surface area contributed by atoms with E-state index in [0.717, 1.165) is 11.0 Å². The molecule has 2 amide bonds. The van der Waals surface area contributed by atoms with Crippen molar-refractivity contribution < 1.29 is 14.0 Å². The van der Waals surface area contributed by atoms with Gasteiger partial charge in [0.25, 0.3) is 5.91 Å². The number of nitrogens with two attached hydrogens (primary N) is 1. The molecule has 0 unspecified atom stereocenters. The van der Waals surface area contributed by atoms with Crippen LogP contribution >= 0.6 is 0 Å². The number of fused-ring (bicyclic) bond motifs is 1. The van der Waals surface area contributed by atoms with Crippen LogP contribution in [-0.4, -0.2) is 11.8 Å². The van der Waals surface area contributed by atoms with Crippen molar-refractivity contribution >= 4 is 22.8 Å². The van der Waals surface area contributed by atoms with Crippen LogP contribution in [0.3, 0.4) is 0 Å². The van der Waals surface area contributed by atoms with E-state index in [2.05, 4.69) is 5.32 Å². The number of furan rings is 1. The molecule has 1 atom stereocenters. The van der Waals surface area contributed by atoms with Crippen LogP contribution in [0.1, 0.15) is 39.4 Å². The average Bonchev–Trinajstić information content (AvgIpc) is 2.99. The molecule has 2 aromatic carbocycles. The van der Waals surface area contributed by atoms with E-state index in [1.54, 1.807) is 12.1 Å². The van der Waals surface area contributed by atoms with Gasteiger partial charge >= 0.3 is 0 Å². The summed E-state index contributed by atoms with van der Waals surface area (Å²) in [4.78, 5) is 23.3. The molecule has 23 heavy (non-hydrogen) atoms. The fourth-order valence-electron chi connectivity index (χ4n) is 2.35. The number of benzene rings is 2. The molecule has 0 radical (unpaired) electrons. The average molecular weight is 308 g/mol. The van der Waals surface area contributed by atoms with Gasteiger partial charge in [-0.1, -0.05) is 18.2 Å². The Morgan fingerprint density at radius 3 is 2.35 bits per heavy atom. The van der Waals surface area contributed by atoms with E-state index in [4.69, 9.17) is 10.2 Å². The van der Waals surface area contributed by atoms with E-state index in [1.165, 1.54) is 12.1 Å². The Bertz CT molecular complexity index is 832. The van der Waals surface area contributed by atoms with Crippen molar-refractivity contribution in [2.75, 3.05) is 0 Å². The van der Waals surface area contributed by atoms with E-state index < -0.39 is 5.91 Å². The van der Waals surface area contributed by atoms with Crippen LogP contribution in [0.5, 0.6) is 0 Å².